The van der Waals surface area contributed by atoms with Gasteiger partial charge in [0.15, 0.2) is 5.69 Å². The van der Waals surface area contributed by atoms with Crippen LogP contribution >= 0.6 is 11.6 Å². The fourth-order valence-corrected chi connectivity index (χ4v) is 3.47. The van der Waals surface area contributed by atoms with E-state index in [1.54, 1.807) is 24.3 Å². The number of halogens is 4. The first-order chi connectivity index (χ1) is 14.5. The molecule has 0 aliphatic heterocycles. The summed E-state index contributed by atoms with van der Waals surface area (Å²) in [5, 5.41) is 6.39. The van der Waals surface area contributed by atoms with Crippen molar-refractivity contribution in [3.63, 3.8) is 0 Å². The third kappa shape index (κ3) is 5.65. The minimum absolute atomic E-state index is 0.0480. The standard InChI is InChI=1S/C20H17ClF3N3O3S/c1-31(29,30)11-10-25-19(28)14-8-6-13(7-9-14)17-12-18(20(22,23)24)26-27(17)16-5-3-2-4-15(16)21/h2-9,12H,10-11H2,1H3,(H,25,28). The summed E-state index contributed by atoms with van der Waals surface area (Å²) in [5.41, 5.74) is -0.0422. The van der Waals surface area contributed by atoms with Gasteiger partial charge in [-0.1, -0.05) is 35.9 Å². The summed E-state index contributed by atoms with van der Waals surface area (Å²) in [5.74, 6) is -0.695. The number of nitrogens with zero attached hydrogens (tertiary/aromatic N) is 2. The van der Waals surface area contributed by atoms with Crippen LogP contribution in [0.3, 0.4) is 0 Å². The van der Waals surface area contributed by atoms with Gasteiger partial charge in [0.25, 0.3) is 5.91 Å². The van der Waals surface area contributed by atoms with Crippen LogP contribution in [-0.4, -0.2) is 42.7 Å². The Hall–Kier alpha value is -2.85. The molecule has 0 atom stereocenters. The molecule has 0 saturated carbocycles. The van der Waals surface area contributed by atoms with E-state index in [2.05, 4.69) is 10.4 Å². The molecule has 1 aromatic heterocycles. The van der Waals surface area contributed by atoms with E-state index in [0.717, 1.165) is 17.0 Å². The van der Waals surface area contributed by atoms with Gasteiger partial charge in [0.05, 0.1) is 22.2 Å². The molecule has 1 N–H and O–H groups in total. The number of para-hydroxylation sites is 1. The molecular formula is C20H17ClF3N3O3S. The molecule has 164 valence electrons. The molecule has 0 aliphatic carbocycles. The third-order valence-electron chi connectivity index (χ3n) is 4.28. The van der Waals surface area contributed by atoms with Crippen LogP contribution in [0, 0.1) is 0 Å². The Morgan fingerprint density at radius 1 is 1.13 bits per heavy atom. The van der Waals surface area contributed by atoms with Crippen molar-refractivity contribution in [2.45, 2.75) is 6.18 Å². The van der Waals surface area contributed by atoms with Crippen LogP contribution in [0.15, 0.2) is 54.6 Å². The number of amides is 1. The zero-order valence-electron chi connectivity index (χ0n) is 16.1. The molecule has 0 aliphatic rings. The van der Waals surface area contributed by atoms with E-state index in [1.807, 2.05) is 0 Å². The van der Waals surface area contributed by atoms with E-state index < -0.39 is 27.6 Å². The van der Waals surface area contributed by atoms with Gasteiger partial charge < -0.3 is 5.32 Å². The summed E-state index contributed by atoms with van der Waals surface area (Å²) in [6.07, 6.45) is -3.59. The van der Waals surface area contributed by atoms with E-state index in [-0.39, 0.29) is 34.3 Å². The summed E-state index contributed by atoms with van der Waals surface area (Å²) in [6.45, 7) is -0.0480. The van der Waals surface area contributed by atoms with Crippen LogP contribution < -0.4 is 5.32 Å². The van der Waals surface area contributed by atoms with Gasteiger partial charge >= 0.3 is 6.18 Å². The number of rotatable bonds is 6. The van der Waals surface area contributed by atoms with Crippen molar-refractivity contribution >= 4 is 27.3 Å². The van der Waals surface area contributed by atoms with Crippen LogP contribution in [0.1, 0.15) is 16.1 Å². The lowest BCUT2D eigenvalue weighted by atomic mass is 10.1. The Labute approximate surface area is 181 Å². The summed E-state index contributed by atoms with van der Waals surface area (Å²) >= 11 is 6.15. The highest BCUT2D eigenvalue weighted by Crippen LogP contribution is 2.34. The van der Waals surface area contributed by atoms with Gasteiger partial charge in [-0.25, -0.2) is 13.1 Å². The lowest BCUT2D eigenvalue weighted by molar-refractivity contribution is -0.141. The second-order valence-corrected chi connectivity index (χ2v) is 9.41. The molecule has 2 aromatic carbocycles. The molecule has 0 unspecified atom stereocenters. The SMILES string of the molecule is CS(=O)(=O)CCNC(=O)c1ccc(-c2cc(C(F)(F)F)nn2-c2ccccc2Cl)cc1. The van der Waals surface area contributed by atoms with E-state index in [9.17, 15) is 26.4 Å². The summed E-state index contributed by atoms with van der Waals surface area (Å²) in [4.78, 5) is 12.2. The first-order valence-corrected chi connectivity index (χ1v) is 11.4. The molecule has 0 saturated heterocycles. The zero-order valence-corrected chi connectivity index (χ0v) is 17.7. The van der Waals surface area contributed by atoms with Gasteiger partial charge in [-0.2, -0.15) is 18.3 Å². The molecule has 0 bridgehead atoms. The number of hydrogen-bond donors (Lipinski definition) is 1. The largest absolute Gasteiger partial charge is 0.435 e. The molecule has 31 heavy (non-hydrogen) atoms. The van der Waals surface area contributed by atoms with Gasteiger partial charge in [-0.3, -0.25) is 4.79 Å². The van der Waals surface area contributed by atoms with E-state index >= 15 is 0 Å². The highest BCUT2D eigenvalue weighted by Gasteiger charge is 2.35. The van der Waals surface area contributed by atoms with Gasteiger partial charge in [-0.05, 0) is 30.3 Å². The van der Waals surface area contributed by atoms with Crippen LogP contribution in [0.25, 0.3) is 16.9 Å². The maximum Gasteiger partial charge on any atom is 0.435 e. The summed E-state index contributed by atoms with van der Waals surface area (Å²) in [7, 11) is -3.22. The van der Waals surface area contributed by atoms with Crippen molar-refractivity contribution in [1.29, 1.82) is 0 Å². The van der Waals surface area contributed by atoms with E-state index in [1.165, 1.54) is 24.3 Å². The van der Waals surface area contributed by atoms with Crippen molar-refractivity contribution in [1.82, 2.24) is 15.1 Å². The number of nitrogens with one attached hydrogen (secondary N) is 1. The van der Waals surface area contributed by atoms with E-state index in [0.29, 0.717) is 5.56 Å². The maximum absolute atomic E-state index is 13.3. The normalized spacial score (nSPS) is 12.0. The molecule has 6 nitrogen and oxygen atoms in total. The Kier molecular flexibility index (Phi) is 6.42. The second kappa shape index (κ2) is 8.72. The van der Waals surface area contributed by atoms with Crippen LogP contribution in [0.2, 0.25) is 5.02 Å². The lowest BCUT2D eigenvalue weighted by Crippen LogP contribution is -2.28. The lowest BCUT2D eigenvalue weighted by Gasteiger charge is -2.10. The predicted molar refractivity (Wildman–Crippen MR) is 111 cm³/mol. The first-order valence-electron chi connectivity index (χ1n) is 8.94. The average Bonchev–Trinajstić information content (AvgIpc) is 3.13. The molecule has 3 rings (SSSR count). The van der Waals surface area contributed by atoms with Crippen LogP contribution in [-0.2, 0) is 16.0 Å². The average molecular weight is 472 g/mol. The number of hydrogen-bond acceptors (Lipinski definition) is 4. The monoisotopic (exact) mass is 471 g/mol. The van der Waals surface area contributed by atoms with Crippen molar-refractivity contribution < 1.29 is 26.4 Å². The quantitative estimate of drug-likeness (QED) is 0.589. The highest BCUT2D eigenvalue weighted by molar-refractivity contribution is 7.90. The number of carbonyl (C=O) groups is 1. The Morgan fingerprint density at radius 2 is 1.77 bits per heavy atom. The highest BCUT2D eigenvalue weighted by atomic mass is 35.5. The maximum atomic E-state index is 13.3. The molecule has 0 spiro atoms. The van der Waals surface area contributed by atoms with Gasteiger partial charge in [-0.15, -0.1) is 0 Å². The predicted octanol–water partition coefficient (Wildman–Crippen LogP) is 3.99. The summed E-state index contributed by atoms with van der Waals surface area (Å²) < 4.78 is 63.2. The van der Waals surface area contributed by atoms with E-state index in [4.69, 9.17) is 11.6 Å². The van der Waals surface area contributed by atoms with Crippen molar-refractivity contribution in [3.8, 4) is 16.9 Å². The second-order valence-electron chi connectivity index (χ2n) is 6.74. The van der Waals surface area contributed by atoms with Gasteiger partial charge in [0.1, 0.15) is 9.84 Å². The number of alkyl halides is 3. The van der Waals surface area contributed by atoms with Gasteiger partial charge in [0, 0.05) is 23.9 Å². The summed E-state index contributed by atoms with van der Waals surface area (Å²) in [6, 6.07) is 13.1. The number of sulfone groups is 1. The smallest absolute Gasteiger partial charge is 0.351 e. The Morgan fingerprint density at radius 3 is 2.35 bits per heavy atom. The van der Waals surface area contributed by atoms with Crippen molar-refractivity contribution in [2.24, 2.45) is 0 Å². The fourth-order valence-electron chi connectivity index (χ4n) is 2.78. The third-order valence-corrected chi connectivity index (χ3v) is 5.55. The first kappa shape index (κ1) is 22.8. The minimum Gasteiger partial charge on any atom is -0.351 e. The number of benzene rings is 2. The Balaban J connectivity index is 1.93. The van der Waals surface area contributed by atoms with Crippen LogP contribution in [0.5, 0.6) is 0 Å². The van der Waals surface area contributed by atoms with Crippen LogP contribution in [0.4, 0.5) is 13.2 Å². The molecule has 0 fully saturated rings. The molecular weight excluding hydrogens is 455 g/mol. The van der Waals surface area contributed by atoms with Crippen molar-refractivity contribution in [2.75, 3.05) is 18.6 Å². The molecule has 0 radical (unpaired) electrons. The zero-order chi connectivity index (χ0) is 22.8. The number of aromatic nitrogens is 2. The molecule has 1 heterocycles. The minimum atomic E-state index is -4.65. The fraction of sp³-hybridized carbons (Fsp3) is 0.200. The van der Waals surface area contributed by atoms with Crippen molar-refractivity contribution in [3.05, 3.63) is 70.9 Å². The number of carbonyl (C=O) groups excluding carboxylic acids is 1. The topological polar surface area (TPSA) is 81.1 Å². The molecule has 1 amide bonds. The Bertz CT molecular complexity index is 1210. The molecule has 3 aromatic rings. The molecule has 11 heteroatoms. The van der Waals surface area contributed by atoms with Gasteiger partial charge in [0.2, 0.25) is 0 Å².